The van der Waals surface area contributed by atoms with E-state index in [1.54, 1.807) is 30.5 Å². The topological polar surface area (TPSA) is 106 Å². The van der Waals surface area contributed by atoms with E-state index in [4.69, 9.17) is 9.84 Å². The molecule has 3 heterocycles. The lowest BCUT2D eigenvalue weighted by Gasteiger charge is -2.14. The number of benzene rings is 1. The number of nitrogens with zero attached hydrogens (tertiary/aromatic N) is 6. The van der Waals surface area contributed by atoms with E-state index >= 15 is 0 Å². The summed E-state index contributed by atoms with van der Waals surface area (Å²) in [6.07, 6.45) is 1.23. The zero-order chi connectivity index (χ0) is 20.4. The highest BCUT2D eigenvalue weighted by Crippen LogP contribution is 2.29. The van der Waals surface area contributed by atoms with E-state index in [9.17, 15) is 9.18 Å². The van der Waals surface area contributed by atoms with Crippen molar-refractivity contribution in [2.24, 2.45) is 0 Å². The lowest BCUT2D eigenvalue weighted by atomic mass is 10.1. The van der Waals surface area contributed by atoms with Gasteiger partial charge in [0.2, 0.25) is 5.82 Å². The molecule has 2 aromatic heterocycles. The second-order valence-electron chi connectivity index (χ2n) is 6.60. The van der Waals surface area contributed by atoms with E-state index in [-0.39, 0.29) is 13.2 Å². The summed E-state index contributed by atoms with van der Waals surface area (Å²) in [6, 6.07) is 7.91. The van der Waals surface area contributed by atoms with Gasteiger partial charge in [0.1, 0.15) is 17.6 Å². The molecule has 0 bridgehead atoms. The summed E-state index contributed by atoms with van der Waals surface area (Å²) in [6.45, 7) is 2.59. The number of aryl methyl sites for hydroxylation is 1. The number of amides is 1. The minimum atomic E-state index is -0.606. The van der Waals surface area contributed by atoms with Crippen LogP contribution in [0.15, 0.2) is 36.5 Å². The predicted octanol–water partition coefficient (Wildman–Crippen LogP) is 2.27. The maximum Gasteiger partial charge on any atom is 0.414 e. The van der Waals surface area contributed by atoms with E-state index in [1.807, 2.05) is 6.92 Å². The van der Waals surface area contributed by atoms with Crippen LogP contribution >= 0.6 is 0 Å². The Morgan fingerprint density at radius 3 is 2.83 bits per heavy atom. The second-order valence-corrected chi connectivity index (χ2v) is 6.60. The van der Waals surface area contributed by atoms with Crippen LogP contribution < -0.4 is 4.90 Å². The number of rotatable bonds is 6. The molecule has 3 aromatic rings. The number of halogens is 1. The molecule has 4 rings (SSSR count). The monoisotopic (exact) mass is 398 g/mol. The second kappa shape index (κ2) is 7.92. The molecule has 1 aliphatic rings. The molecule has 0 radical (unpaired) electrons. The molecule has 10 heteroatoms. The molecule has 29 heavy (non-hydrogen) atoms. The number of anilines is 1. The Balaban J connectivity index is 1.54. The SMILES string of the molecule is CCCn1nnc(-c2ccc(-c3ccc(N4C[C@@H](CO)OC4=O)cc3F)cn2)n1. The smallest absolute Gasteiger partial charge is 0.414 e. The molecular formula is C19H19FN6O3. The number of aliphatic hydroxyl groups is 1. The number of hydrogen-bond acceptors (Lipinski definition) is 7. The molecule has 0 unspecified atom stereocenters. The normalized spacial score (nSPS) is 16.3. The van der Waals surface area contributed by atoms with E-state index < -0.39 is 18.0 Å². The van der Waals surface area contributed by atoms with Gasteiger partial charge < -0.3 is 9.84 Å². The van der Waals surface area contributed by atoms with E-state index in [1.165, 1.54) is 15.8 Å². The lowest BCUT2D eigenvalue weighted by molar-refractivity contribution is 0.0963. The van der Waals surface area contributed by atoms with Gasteiger partial charge in [0, 0.05) is 17.3 Å². The van der Waals surface area contributed by atoms with Gasteiger partial charge in [0.05, 0.1) is 25.4 Å². The largest absolute Gasteiger partial charge is 0.441 e. The molecular weight excluding hydrogens is 379 g/mol. The van der Waals surface area contributed by atoms with Crippen molar-refractivity contribution in [1.29, 1.82) is 0 Å². The standard InChI is InChI=1S/C19H19FN6O3/c1-2-7-26-23-18(22-24-26)17-6-3-12(9-21-17)15-5-4-13(8-16(15)20)25-10-14(11-27)29-19(25)28/h3-6,8-9,14,27H,2,7,10-11H2,1H3/t14-/m0/s1. The Hall–Kier alpha value is -3.40. The third kappa shape index (κ3) is 3.79. The van der Waals surface area contributed by atoms with Gasteiger partial charge in [-0.25, -0.2) is 9.18 Å². The van der Waals surface area contributed by atoms with Crippen molar-refractivity contribution in [2.45, 2.75) is 26.0 Å². The Morgan fingerprint density at radius 1 is 1.31 bits per heavy atom. The summed E-state index contributed by atoms with van der Waals surface area (Å²) in [7, 11) is 0. The van der Waals surface area contributed by atoms with Crippen LogP contribution in [-0.4, -0.2) is 55.6 Å². The van der Waals surface area contributed by atoms with Crippen molar-refractivity contribution in [3.8, 4) is 22.6 Å². The van der Waals surface area contributed by atoms with Crippen molar-refractivity contribution >= 4 is 11.8 Å². The molecule has 1 aliphatic heterocycles. The van der Waals surface area contributed by atoms with Crippen LogP contribution in [0.4, 0.5) is 14.9 Å². The summed E-state index contributed by atoms with van der Waals surface area (Å²) in [5.41, 5.74) is 1.84. The van der Waals surface area contributed by atoms with Crippen molar-refractivity contribution in [3.63, 3.8) is 0 Å². The summed E-state index contributed by atoms with van der Waals surface area (Å²) in [5, 5.41) is 21.3. The quantitative estimate of drug-likeness (QED) is 0.679. The number of pyridine rings is 1. The number of aromatic nitrogens is 5. The average Bonchev–Trinajstić information content (AvgIpc) is 3.35. The van der Waals surface area contributed by atoms with Crippen LogP contribution in [0, 0.1) is 5.82 Å². The zero-order valence-corrected chi connectivity index (χ0v) is 15.7. The molecule has 1 atom stereocenters. The van der Waals surface area contributed by atoms with Crippen LogP contribution in [0.5, 0.6) is 0 Å². The predicted molar refractivity (Wildman–Crippen MR) is 101 cm³/mol. The van der Waals surface area contributed by atoms with Gasteiger partial charge in [-0.05, 0) is 35.9 Å². The van der Waals surface area contributed by atoms with Crippen molar-refractivity contribution < 1.29 is 19.0 Å². The van der Waals surface area contributed by atoms with E-state index in [2.05, 4.69) is 20.4 Å². The first kappa shape index (κ1) is 18.9. The Bertz CT molecular complexity index is 1020. The molecule has 1 amide bonds. The molecule has 0 spiro atoms. The molecule has 150 valence electrons. The number of ether oxygens (including phenoxy) is 1. The Morgan fingerprint density at radius 2 is 2.17 bits per heavy atom. The zero-order valence-electron chi connectivity index (χ0n) is 15.7. The van der Waals surface area contributed by atoms with Gasteiger partial charge >= 0.3 is 6.09 Å². The molecule has 0 saturated carbocycles. The first-order valence-corrected chi connectivity index (χ1v) is 9.22. The summed E-state index contributed by atoms with van der Waals surface area (Å²) in [4.78, 5) is 19.0. The number of tetrazole rings is 1. The van der Waals surface area contributed by atoms with Gasteiger partial charge in [0.25, 0.3) is 0 Å². The molecule has 1 aromatic carbocycles. The van der Waals surface area contributed by atoms with Crippen molar-refractivity contribution in [1.82, 2.24) is 25.2 Å². The van der Waals surface area contributed by atoms with Gasteiger partial charge in [-0.3, -0.25) is 9.88 Å². The number of carbonyl (C=O) groups is 1. The number of carbonyl (C=O) groups excluding carboxylic acids is 1. The molecule has 0 aliphatic carbocycles. The average molecular weight is 398 g/mol. The highest BCUT2D eigenvalue weighted by Gasteiger charge is 2.32. The van der Waals surface area contributed by atoms with Crippen molar-refractivity contribution in [3.05, 3.63) is 42.3 Å². The summed E-state index contributed by atoms with van der Waals surface area (Å²) in [5.74, 6) is -0.0869. The molecule has 1 saturated heterocycles. The molecule has 1 N–H and O–H groups in total. The highest BCUT2D eigenvalue weighted by molar-refractivity contribution is 5.90. The Labute approximate surface area is 165 Å². The van der Waals surface area contributed by atoms with Gasteiger partial charge in [0.15, 0.2) is 0 Å². The van der Waals surface area contributed by atoms with Gasteiger partial charge in [-0.2, -0.15) is 4.80 Å². The first-order valence-electron chi connectivity index (χ1n) is 9.22. The summed E-state index contributed by atoms with van der Waals surface area (Å²) >= 11 is 0. The minimum absolute atomic E-state index is 0.177. The third-order valence-corrected chi connectivity index (χ3v) is 4.52. The van der Waals surface area contributed by atoms with Crippen LogP contribution in [-0.2, 0) is 11.3 Å². The minimum Gasteiger partial charge on any atom is -0.441 e. The van der Waals surface area contributed by atoms with Crippen LogP contribution in [0.25, 0.3) is 22.6 Å². The fraction of sp³-hybridized carbons (Fsp3) is 0.316. The van der Waals surface area contributed by atoms with E-state index in [0.717, 1.165) is 6.42 Å². The van der Waals surface area contributed by atoms with Gasteiger partial charge in [-0.15, -0.1) is 10.2 Å². The fourth-order valence-electron chi connectivity index (χ4n) is 3.06. The van der Waals surface area contributed by atoms with Crippen LogP contribution in [0.3, 0.4) is 0 Å². The van der Waals surface area contributed by atoms with Crippen molar-refractivity contribution in [2.75, 3.05) is 18.1 Å². The summed E-state index contributed by atoms with van der Waals surface area (Å²) < 4.78 is 19.7. The van der Waals surface area contributed by atoms with E-state index in [0.29, 0.717) is 34.9 Å². The fourth-order valence-corrected chi connectivity index (χ4v) is 3.06. The Kier molecular flexibility index (Phi) is 5.17. The highest BCUT2D eigenvalue weighted by atomic mass is 19.1. The molecule has 9 nitrogen and oxygen atoms in total. The maximum absolute atomic E-state index is 14.7. The van der Waals surface area contributed by atoms with Crippen LogP contribution in [0.2, 0.25) is 0 Å². The third-order valence-electron chi connectivity index (χ3n) is 4.52. The molecule has 1 fully saturated rings. The number of hydrogen-bond donors (Lipinski definition) is 1. The maximum atomic E-state index is 14.7. The van der Waals surface area contributed by atoms with Gasteiger partial charge in [-0.1, -0.05) is 13.0 Å². The number of aliphatic hydroxyl groups excluding tert-OH is 1. The number of cyclic esters (lactones) is 1. The lowest BCUT2D eigenvalue weighted by Crippen LogP contribution is -2.25. The van der Waals surface area contributed by atoms with Crippen LogP contribution in [0.1, 0.15) is 13.3 Å². The first-order chi connectivity index (χ1) is 14.1.